The van der Waals surface area contributed by atoms with Crippen LogP contribution in [0.25, 0.3) is 5.76 Å². The average molecular weight is 520 g/mol. The predicted molar refractivity (Wildman–Crippen MR) is 140 cm³/mol. The average Bonchev–Trinajstić information content (AvgIpc) is 3.46. The third-order valence-corrected chi connectivity index (χ3v) is 6.83. The first kappa shape index (κ1) is 24.7. The lowest BCUT2D eigenvalue weighted by atomic mass is 9.93. The van der Waals surface area contributed by atoms with Gasteiger partial charge in [0.25, 0.3) is 11.7 Å². The first-order valence-electron chi connectivity index (χ1n) is 12.0. The van der Waals surface area contributed by atoms with Gasteiger partial charge < -0.3 is 19.3 Å². The SMILES string of the molecule is CCOc1ccc(Cl)c(/C(O)=C2\C(=O)C(=O)N(c3ccc4c(c3)OCO4)C2c2ccc(C(C)C)cc2)c1. The minimum Gasteiger partial charge on any atom is -0.507 e. The van der Waals surface area contributed by atoms with Crippen molar-refractivity contribution in [2.45, 2.75) is 32.7 Å². The van der Waals surface area contributed by atoms with E-state index in [0.717, 1.165) is 5.56 Å². The fourth-order valence-electron chi connectivity index (χ4n) is 4.60. The summed E-state index contributed by atoms with van der Waals surface area (Å²) >= 11 is 6.43. The molecule has 7 nitrogen and oxygen atoms in total. The highest BCUT2D eigenvalue weighted by molar-refractivity contribution is 6.52. The summed E-state index contributed by atoms with van der Waals surface area (Å²) in [6.07, 6.45) is 0. The molecular weight excluding hydrogens is 494 g/mol. The van der Waals surface area contributed by atoms with Crippen molar-refractivity contribution in [2.75, 3.05) is 18.3 Å². The van der Waals surface area contributed by atoms with Crippen LogP contribution in [0, 0.1) is 0 Å². The molecule has 190 valence electrons. The van der Waals surface area contributed by atoms with Gasteiger partial charge in [-0.25, -0.2) is 0 Å². The molecule has 0 aromatic heterocycles. The summed E-state index contributed by atoms with van der Waals surface area (Å²) in [7, 11) is 0. The molecule has 1 unspecified atom stereocenters. The molecule has 1 N–H and O–H groups in total. The molecule has 2 aliphatic heterocycles. The lowest BCUT2D eigenvalue weighted by Gasteiger charge is -2.26. The topological polar surface area (TPSA) is 85.3 Å². The number of nitrogens with zero attached hydrogens (tertiary/aromatic N) is 1. The molecule has 2 aliphatic rings. The highest BCUT2D eigenvalue weighted by Gasteiger charge is 2.47. The van der Waals surface area contributed by atoms with Crippen LogP contribution in [0.2, 0.25) is 5.02 Å². The van der Waals surface area contributed by atoms with Crippen molar-refractivity contribution in [1.82, 2.24) is 0 Å². The zero-order valence-electron chi connectivity index (χ0n) is 20.7. The van der Waals surface area contributed by atoms with E-state index < -0.39 is 17.7 Å². The third kappa shape index (κ3) is 4.40. The Labute approximate surface area is 219 Å². The molecule has 5 rings (SSSR count). The van der Waals surface area contributed by atoms with Crippen LogP contribution in [0.3, 0.4) is 0 Å². The molecule has 3 aromatic rings. The number of aliphatic hydroxyl groups is 1. The van der Waals surface area contributed by atoms with E-state index in [1.54, 1.807) is 36.4 Å². The molecule has 37 heavy (non-hydrogen) atoms. The highest BCUT2D eigenvalue weighted by atomic mass is 35.5. The van der Waals surface area contributed by atoms with Crippen molar-refractivity contribution in [1.29, 1.82) is 0 Å². The summed E-state index contributed by atoms with van der Waals surface area (Å²) < 4.78 is 16.5. The van der Waals surface area contributed by atoms with Crippen molar-refractivity contribution in [3.63, 3.8) is 0 Å². The number of halogens is 1. The molecule has 0 radical (unpaired) electrons. The number of carbonyl (C=O) groups excluding carboxylic acids is 2. The second kappa shape index (κ2) is 9.82. The zero-order chi connectivity index (χ0) is 26.3. The summed E-state index contributed by atoms with van der Waals surface area (Å²) in [5.41, 5.74) is 2.37. The largest absolute Gasteiger partial charge is 0.507 e. The third-order valence-electron chi connectivity index (χ3n) is 6.50. The lowest BCUT2D eigenvalue weighted by molar-refractivity contribution is -0.132. The zero-order valence-corrected chi connectivity index (χ0v) is 21.4. The Bertz CT molecular complexity index is 1410. The Morgan fingerprint density at radius 2 is 1.78 bits per heavy atom. The highest BCUT2D eigenvalue weighted by Crippen LogP contribution is 2.45. The molecule has 1 saturated heterocycles. The van der Waals surface area contributed by atoms with Crippen molar-refractivity contribution < 1.29 is 28.9 Å². The Hall–Kier alpha value is -3.97. The van der Waals surface area contributed by atoms with Gasteiger partial charge in [0.15, 0.2) is 11.5 Å². The molecule has 0 saturated carbocycles. The number of benzene rings is 3. The summed E-state index contributed by atoms with van der Waals surface area (Å²) in [5.74, 6) is -0.142. The van der Waals surface area contributed by atoms with Gasteiger partial charge in [-0.3, -0.25) is 14.5 Å². The van der Waals surface area contributed by atoms with E-state index in [4.69, 9.17) is 25.8 Å². The fourth-order valence-corrected chi connectivity index (χ4v) is 4.81. The second-order valence-corrected chi connectivity index (χ2v) is 9.51. The minimum absolute atomic E-state index is 0.0597. The van der Waals surface area contributed by atoms with Crippen LogP contribution >= 0.6 is 11.6 Å². The van der Waals surface area contributed by atoms with Gasteiger partial charge in [-0.2, -0.15) is 0 Å². The normalized spacial score (nSPS) is 18.1. The van der Waals surface area contributed by atoms with E-state index in [9.17, 15) is 14.7 Å². The molecule has 1 amide bonds. The van der Waals surface area contributed by atoms with Gasteiger partial charge >= 0.3 is 0 Å². The molecule has 1 atom stereocenters. The Kier molecular flexibility index (Phi) is 6.56. The summed E-state index contributed by atoms with van der Waals surface area (Å²) in [5, 5.41) is 11.7. The monoisotopic (exact) mass is 519 g/mol. The van der Waals surface area contributed by atoms with Crippen molar-refractivity contribution in [3.8, 4) is 17.2 Å². The first-order valence-corrected chi connectivity index (χ1v) is 12.4. The number of ketones is 1. The number of aliphatic hydroxyl groups excluding tert-OH is 1. The van der Waals surface area contributed by atoms with E-state index in [-0.39, 0.29) is 28.7 Å². The number of ether oxygens (including phenoxy) is 3. The van der Waals surface area contributed by atoms with Crippen LogP contribution in [0.15, 0.2) is 66.2 Å². The number of carbonyl (C=O) groups is 2. The minimum atomic E-state index is -0.895. The molecular formula is C29H26ClNO6. The number of Topliss-reactive ketones (excluding diaryl/α,β-unsaturated/α-hetero) is 1. The molecule has 1 fully saturated rings. The van der Waals surface area contributed by atoms with Crippen LogP contribution in [0.4, 0.5) is 5.69 Å². The van der Waals surface area contributed by atoms with Gasteiger partial charge in [-0.1, -0.05) is 49.7 Å². The van der Waals surface area contributed by atoms with Gasteiger partial charge in [0.2, 0.25) is 6.79 Å². The number of anilines is 1. The molecule has 0 aliphatic carbocycles. The van der Waals surface area contributed by atoms with Crippen LogP contribution < -0.4 is 19.1 Å². The number of hydrogen-bond acceptors (Lipinski definition) is 6. The van der Waals surface area contributed by atoms with E-state index in [1.165, 1.54) is 4.90 Å². The standard InChI is InChI=1S/C29H26ClNO6/c1-4-35-20-10-11-22(30)21(14-20)27(32)25-26(18-7-5-17(6-8-18)16(2)3)31(29(34)28(25)33)19-9-12-23-24(13-19)37-15-36-23/h5-14,16,26,32H,4,15H2,1-3H3/b27-25+. The maximum Gasteiger partial charge on any atom is 0.300 e. The predicted octanol–water partition coefficient (Wildman–Crippen LogP) is 6.22. The van der Waals surface area contributed by atoms with E-state index >= 15 is 0 Å². The number of rotatable bonds is 6. The molecule has 0 spiro atoms. The van der Waals surface area contributed by atoms with Gasteiger partial charge in [-0.15, -0.1) is 0 Å². The maximum atomic E-state index is 13.5. The van der Waals surface area contributed by atoms with Crippen LogP contribution in [0.1, 0.15) is 49.4 Å². The van der Waals surface area contributed by atoms with Crippen molar-refractivity contribution >= 4 is 34.7 Å². The molecule has 0 bridgehead atoms. The van der Waals surface area contributed by atoms with E-state index in [0.29, 0.717) is 41.0 Å². The molecule has 8 heteroatoms. The molecule has 2 heterocycles. The van der Waals surface area contributed by atoms with Gasteiger partial charge in [0, 0.05) is 17.3 Å². The lowest BCUT2D eigenvalue weighted by Crippen LogP contribution is -2.29. The van der Waals surface area contributed by atoms with Gasteiger partial charge in [-0.05, 0) is 54.3 Å². The van der Waals surface area contributed by atoms with Crippen LogP contribution in [0.5, 0.6) is 17.2 Å². The Balaban J connectivity index is 1.70. The number of fused-ring (bicyclic) bond motifs is 1. The molecule has 3 aromatic carbocycles. The van der Waals surface area contributed by atoms with Crippen LogP contribution in [-0.2, 0) is 9.59 Å². The first-order chi connectivity index (χ1) is 17.8. The van der Waals surface area contributed by atoms with Gasteiger partial charge in [0.1, 0.15) is 11.5 Å². The quantitative estimate of drug-likeness (QED) is 0.236. The summed E-state index contributed by atoms with van der Waals surface area (Å²) in [6.45, 7) is 6.50. The van der Waals surface area contributed by atoms with E-state index in [1.807, 2.05) is 31.2 Å². The summed E-state index contributed by atoms with van der Waals surface area (Å²) in [4.78, 5) is 28.3. The maximum absolute atomic E-state index is 13.5. The smallest absolute Gasteiger partial charge is 0.300 e. The van der Waals surface area contributed by atoms with Gasteiger partial charge in [0.05, 0.1) is 23.2 Å². The number of hydrogen-bond donors (Lipinski definition) is 1. The van der Waals surface area contributed by atoms with Crippen LogP contribution in [-0.4, -0.2) is 30.2 Å². The fraction of sp³-hybridized carbons (Fsp3) is 0.241. The summed E-state index contributed by atoms with van der Waals surface area (Å²) in [6, 6.07) is 16.6. The Morgan fingerprint density at radius 3 is 2.49 bits per heavy atom. The second-order valence-electron chi connectivity index (χ2n) is 9.10. The van der Waals surface area contributed by atoms with Crippen molar-refractivity contribution in [2.24, 2.45) is 0 Å². The number of amides is 1. The van der Waals surface area contributed by atoms with Crippen molar-refractivity contribution in [3.05, 3.63) is 87.9 Å². The van der Waals surface area contributed by atoms with E-state index in [2.05, 4.69) is 13.8 Å². The Morgan fingerprint density at radius 1 is 1.05 bits per heavy atom.